The molecular weight excluding hydrogens is 186 g/mol. The highest BCUT2D eigenvalue weighted by molar-refractivity contribution is 4.89. The second-order valence-electron chi connectivity index (χ2n) is 6.11. The first kappa shape index (κ1) is 13.0. The van der Waals surface area contributed by atoms with E-state index in [-0.39, 0.29) is 12.6 Å². The van der Waals surface area contributed by atoms with Crippen molar-refractivity contribution in [3.05, 3.63) is 0 Å². The molecule has 0 aromatic rings. The lowest BCUT2D eigenvalue weighted by Gasteiger charge is -2.42. The van der Waals surface area contributed by atoms with E-state index < -0.39 is 0 Å². The topological polar surface area (TPSA) is 32.3 Å². The number of nitrogens with one attached hydrogen (secondary N) is 1. The van der Waals surface area contributed by atoms with Crippen LogP contribution in [-0.2, 0) is 0 Å². The lowest BCUT2D eigenvalue weighted by molar-refractivity contribution is 0.114. The van der Waals surface area contributed by atoms with E-state index in [2.05, 4.69) is 33.0 Å². The highest BCUT2D eigenvalue weighted by Crippen LogP contribution is 2.38. The standard InChI is InChI=1S/C13H27NO/c1-10(9-15)14-12-8-6-5-7-11(12)13(2,3)4/h10-12,14-15H,5-9H2,1-4H3/t10-,11-,12+/m0/s1. The molecule has 0 aliphatic heterocycles. The molecule has 0 amide bonds. The monoisotopic (exact) mass is 213 g/mol. The fourth-order valence-corrected chi connectivity index (χ4v) is 2.79. The number of aliphatic hydroxyl groups is 1. The molecule has 0 radical (unpaired) electrons. The van der Waals surface area contributed by atoms with Crippen molar-refractivity contribution in [1.29, 1.82) is 0 Å². The summed E-state index contributed by atoms with van der Waals surface area (Å²) in [6.07, 6.45) is 5.31. The van der Waals surface area contributed by atoms with E-state index in [0.29, 0.717) is 11.5 Å². The van der Waals surface area contributed by atoms with Gasteiger partial charge in [-0.3, -0.25) is 0 Å². The van der Waals surface area contributed by atoms with E-state index in [9.17, 15) is 0 Å². The van der Waals surface area contributed by atoms with E-state index in [4.69, 9.17) is 5.11 Å². The summed E-state index contributed by atoms with van der Waals surface area (Å²) >= 11 is 0. The van der Waals surface area contributed by atoms with Crippen LogP contribution < -0.4 is 5.32 Å². The summed E-state index contributed by atoms with van der Waals surface area (Å²) in [6, 6.07) is 0.832. The minimum Gasteiger partial charge on any atom is -0.395 e. The number of rotatable bonds is 3. The third-order valence-electron chi connectivity index (χ3n) is 3.65. The molecular formula is C13H27NO. The minimum atomic E-state index is 0.234. The second-order valence-corrected chi connectivity index (χ2v) is 6.11. The zero-order valence-electron chi connectivity index (χ0n) is 10.7. The Labute approximate surface area is 94.5 Å². The van der Waals surface area contributed by atoms with Crippen molar-refractivity contribution in [3.63, 3.8) is 0 Å². The summed E-state index contributed by atoms with van der Waals surface area (Å²) in [4.78, 5) is 0. The number of hydrogen-bond donors (Lipinski definition) is 2. The largest absolute Gasteiger partial charge is 0.395 e. The Morgan fingerprint density at radius 2 is 1.87 bits per heavy atom. The van der Waals surface area contributed by atoms with Crippen molar-refractivity contribution in [1.82, 2.24) is 5.32 Å². The molecule has 0 unspecified atom stereocenters. The van der Waals surface area contributed by atoms with Crippen molar-refractivity contribution in [3.8, 4) is 0 Å². The van der Waals surface area contributed by atoms with Gasteiger partial charge in [-0.25, -0.2) is 0 Å². The van der Waals surface area contributed by atoms with Crippen LogP contribution >= 0.6 is 0 Å². The fraction of sp³-hybridized carbons (Fsp3) is 1.00. The smallest absolute Gasteiger partial charge is 0.0582 e. The molecule has 0 bridgehead atoms. The Hall–Kier alpha value is -0.0800. The molecule has 90 valence electrons. The van der Waals surface area contributed by atoms with Crippen LogP contribution in [-0.4, -0.2) is 23.8 Å². The molecule has 1 fully saturated rings. The average Bonchev–Trinajstić information content (AvgIpc) is 2.17. The molecule has 0 heterocycles. The summed E-state index contributed by atoms with van der Waals surface area (Å²) in [5, 5.41) is 12.7. The maximum Gasteiger partial charge on any atom is 0.0582 e. The Balaban J connectivity index is 2.58. The third-order valence-corrected chi connectivity index (χ3v) is 3.65. The van der Waals surface area contributed by atoms with Crippen molar-refractivity contribution in [2.75, 3.05) is 6.61 Å². The van der Waals surface area contributed by atoms with Crippen LogP contribution in [0.2, 0.25) is 0 Å². The molecule has 0 aromatic carbocycles. The van der Waals surface area contributed by atoms with Crippen molar-refractivity contribution in [2.24, 2.45) is 11.3 Å². The third kappa shape index (κ3) is 3.76. The van der Waals surface area contributed by atoms with Gasteiger partial charge in [-0.05, 0) is 31.1 Å². The SMILES string of the molecule is C[C@@H](CO)N[C@@H]1CCCC[C@@H]1C(C)(C)C. The first-order chi connectivity index (χ1) is 6.95. The summed E-state index contributed by atoms with van der Waals surface area (Å²) in [5.41, 5.74) is 0.382. The molecule has 3 atom stereocenters. The van der Waals surface area contributed by atoms with Gasteiger partial charge < -0.3 is 10.4 Å². The van der Waals surface area contributed by atoms with Gasteiger partial charge in [0.15, 0.2) is 0 Å². The first-order valence-electron chi connectivity index (χ1n) is 6.32. The maximum absolute atomic E-state index is 9.09. The molecule has 1 rings (SSSR count). The van der Waals surface area contributed by atoms with Crippen LogP contribution in [0, 0.1) is 11.3 Å². The Morgan fingerprint density at radius 1 is 1.27 bits per heavy atom. The molecule has 2 heteroatoms. The van der Waals surface area contributed by atoms with E-state index in [1.54, 1.807) is 0 Å². The molecule has 0 spiro atoms. The van der Waals surface area contributed by atoms with Gasteiger partial charge >= 0.3 is 0 Å². The van der Waals surface area contributed by atoms with Gasteiger partial charge in [-0.15, -0.1) is 0 Å². The molecule has 15 heavy (non-hydrogen) atoms. The van der Waals surface area contributed by atoms with Gasteiger partial charge in [-0.2, -0.15) is 0 Å². The normalized spacial score (nSPS) is 30.2. The second kappa shape index (κ2) is 5.31. The lowest BCUT2D eigenvalue weighted by atomic mass is 9.69. The fourth-order valence-electron chi connectivity index (χ4n) is 2.79. The summed E-state index contributed by atoms with van der Waals surface area (Å²) in [5.74, 6) is 0.750. The van der Waals surface area contributed by atoms with Crippen LogP contribution in [0.5, 0.6) is 0 Å². The zero-order chi connectivity index (χ0) is 11.5. The quantitative estimate of drug-likeness (QED) is 0.755. The minimum absolute atomic E-state index is 0.234. The van der Waals surface area contributed by atoms with E-state index in [1.165, 1.54) is 25.7 Å². The van der Waals surface area contributed by atoms with Crippen LogP contribution in [0.1, 0.15) is 53.4 Å². The Morgan fingerprint density at radius 3 is 2.40 bits per heavy atom. The highest BCUT2D eigenvalue weighted by Gasteiger charge is 2.34. The van der Waals surface area contributed by atoms with Crippen LogP contribution in [0.4, 0.5) is 0 Å². The van der Waals surface area contributed by atoms with Crippen molar-refractivity contribution < 1.29 is 5.11 Å². The van der Waals surface area contributed by atoms with E-state index >= 15 is 0 Å². The number of aliphatic hydroxyl groups excluding tert-OH is 1. The molecule has 1 aliphatic rings. The predicted molar refractivity (Wildman–Crippen MR) is 64.9 cm³/mol. The number of hydrogen-bond acceptors (Lipinski definition) is 2. The predicted octanol–water partition coefficient (Wildman–Crippen LogP) is 2.56. The van der Waals surface area contributed by atoms with E-state index in [0.717, 1.165) is 5.92 Å². The summed E-state index contributed by atoms with van der Waals surface area (Å²) in [7, 11) is 0. The molecule has 0 saturated heterocycles. The van der Waals surface area contributed by atoms with Gasteiger partial charge in [0.2, 0.25) is 0 Å². The van der Waals surface area contributed by atoms with Gasteiger partial charge in [0, 0.05) is 12.1 Å². The molecule has 2 N–H and O–H groups in total. The molecule has 0 aromatic heterocycles. The molecule has 2 nitrogen and oxygen atoms in total. The first-order valence-corrected chi connectivity index (χ1v) is 6.32. The lowest BCUT2D eigenvalue weighted by Crippen LogP contribution is -2.48. The van der Waals surface area contributed by atoms with Gasteiger partial charge in [0.05, 0.1) is 6.61 Å². The van der Waals surface area contributed by atoms with Crippen molar-refractivity contribution in [2.45, 2.75) is 65.5 Å². The average molecular weight is 213 g/mol. The van der Waals surface area contributed by atoms with Gasteiger partial charge in [0.25, 0.3) is 0 Å². The summed E-state index contributed by atoms with van der Waals surface area (Å²) in [6.45, 7) is 9.31. The Kier molecular flexibility index (Phi) is 4.60. The Bertz CT molecular complexity index is 185. The molecule has 1 aliphatic carbocycles. The van der Waals surface area contributed by atoms with Crippen LogP contribution in [0.25, 0.3) is 0 Å². The summed E-state index contributed by atoms with van der Waals surface area (Å²) < 4.78 is 0. The van der Waals surface area contributed by atoms with Gasteiger partial charge in [-0.1, -0.05) is 33.6 Å². The van der Waals surface area contributed by atoms with Crippen molar-refractivity contribution >= 4 is 0 Å². The van der Waals surface area contributed by atoms with Crippen LogP contribution in [0.3, 0.4) is 0 Å². The van der Waals surface area contributed by atoms with Crippen LogP contribution in [0.15, 0.2) is 0 Å². The molecule has 1 saturated carbocycles. The zero-order valence-corrected chi connectivity index (χ0v) is 10.7. The highest BCUT2D eigenvalue weighted by atomic mass is 16.3. The maximum atomic E-state index is 9.09. The van der Waals surface area contributed by atoms with Gasteiger partial charge in [0.1, 0.15) is 0 Å². The van der Waals surface area contributed by atoms with E-state index in [1.807, 2.05) is 0 Å².